The van der Waals surface area contributed by atoms with E-state index in [1.54, 1.807) is 20.8 Å². The first kappa shape index (κ1) is 25.4. The van der Waals surface area contributed by atoms with E-state index in [1.807, 2.05) is 30.3 Å². The fourth-order valence-electron chi connectivity index (χ4n) is 5.21. The lowest BCUT2D eigenvalue weighted by atomic mass is 10.1. The Morgan fingerprint density at radius 3 is 2.42 bits per heavy atom. The van der Waals surface area contributed by atoms with Gasteiger partial charge in [0.25, 0.3) is 0 Å². The number of likely N-dealkylation sites (tertiary alicyclic amines) is 2. The number of ether oxygens (including phenoxy) is 1. The molecule has 0 radical (unpaired) electrons. The molecule has 0 aromatic heterocycles. The van der Waals surface area contributed by atoms with Crippen LogP contribution in [0, 0.1) is 0 Å². The molecule has 2 fully saturated rings. The molecule has 1 aromatic rings. The topological polar surface area (TPSA) is 110 Å². The largest absolute Gasteiger partial charge is 0.459 e. The van der Waals surface area contributed by atoms with E-state index < -0.39 is 30.5 Å². The number of nitrogens with zero attached hydrogens (tertiary/aromatic N) is 2. The third-order valence-electron chi connectivity index (χ3n) is 7.07. The van der Waals surface area contributed by atoms with Crippen molar-refractivity contribution in [3.8, 4) is 0 Å². The van der Waals surface area contributed by atoms with Gasteiger partial charge in [-0.3, -0.25) is 9.59 Å². The van der Waals surface area contributed by atoms with Crippen molar-refractivity contribution in [1.29, 1.82) is 0 Å². The first-order valence-electron chi connectivity index (χ1n) is 11.9. The van der Waals surface area contributed by atoms with Gasteiger partial charge in [0.15, 0.2) is 5.28 Å². The molecule has 8 nitrogen and oxygen atoms in total. The van der Waals surface area contributed by atoms with Crippen molar-refractivity contribution in [3.05, 3.63) is 35.9 Å². The average molecular weight is 478 g/mol. The van der Waals surface area contributed by atoms with Crippen LogP contribution in [0.2, 0.25) is 0 Å². The van der Waals surface area contributed by atoms with Gasteiger partial charge in [0, 0.05) is 25.4 Å². The van der Waals surface area contributed by atoms with Crippen molar-refractivity contribution in [1.82, 2.24) is 9.80 Å². The van der Waals surface area contributed by atoms with Crippen molar-refractivity contribution >= 4 is 24.9 Å². The maximum Gasteiger partial charge on any atom is 0.340 e. The SMILES string of the molecule is CCP(=O)(CC)[C@@]1(C(=O)OCc2ccccc2)CCCN1C(=O)[C@@H]1CCCN1C(=O)[C@H](C)N. The predicted octanol–water partition coefficient (Wildman–Crippen LogP) is 2.79. The molecule has 2 saturated heterocycles. The highest BCUT2D eigenvalue weighted by Gasteiger charge is 2.62. The summed E-state index contributed by atoms with van der Waals surface area (Å²) in [6.07, 6.45) is 2.64. The Hall–Kier alpha value is -2.18. The van der Waals surface area contributed by atoms with E-state index in [0.717, 1.165) is 5.56 Å². The zero-order valence-corrected chi connectivity index (χ0v) is 20.8. The van der Waals surface area contributed by atoms with Crippen LogP contribution in [0.3, 0.4) is 0 Å². The maximum atomic E-state index is 14.2. The van der Waals surface area contributed by atoms with Gasteiger partial charge >= 0.3 is 5.97 Å². The van der Waals surface area contributed by atoms with Crippen molar-refractivity contribution in [3.63, 3.8) is 0 Å². The quantitative estimate of drug-likeness (QED) is 0.455. The molecule has 2 aliphatic rings. The number of hydrogen-bond donors (Lipinski definition) is 1. The first-order valence-corrected chi connectivity index (χ1v) is 14.0. The van der Waals surface area contributed by atoms with Gasteiger partial charge in [-0.1, -0.05) is 44.2 Å². The van der Waals surface area contributed by atoms with E-state index in [0.29, 0.717) is 51.1 Å². The van der Waals surface area contributed by atoms with Crippen molar-refractivity contribution in [2.45, 2.75) is 70.4 Å². The fourth-order valence-corrected chi connectivity index (χ4v) is 8.31. The molecular formula is C24H36N3O5P. The molecule has 9 heteroatoms. The van der Waals surface area contributed by atoms with Crippen LogP contribution in [0.1, 0.15) is 52.0 Å². The zero-order chi connectivity index (χ0) is 24.2. The minimum Gasteiger partial charge on any atom is -0.459 e. The van der Waals surface area contributed by atoms with Gasteiger partial charge in [0.2, 0.25) is 11.8 Å². The first-order chi connectivity index (χ1) is 15.7. The second-order valence-electron chi connectivity index (χ2n) is 8.97. The lowest BCUT2D eigenvalue weighted by Gasteiger charge is -2.43. The smallest absolute Gasteiger partial charge is 0.340 e. The molecule has 1 aromatic carbocycles. The van der Waals surface area contributed by atoms with E-state index in [1.165, 1.54) is 9.80 Å². The van der Waals surface area contributed by atoms with Gasteiger partial charge in [0.1, 0.15) is 19.8 Å². The molecule has 33 heavy (non-hydrogen) atoms. The molecule has 0 unspecified atom stereocenters. The molecule has 0 spiro atoms. The molecule has 2 amide bonds. The van der Waals surface area contributed by atoms with E-state index in [2.05, 4.69) is 0 Å². The van der Waals surface area contributed by atoms with Crippen LogP contribution in [-0.4, -0.2) is 70.4 Å². The number of rotatable bonds is 8. The fraction of sp³-hybridized carbons (Fsp3) is 0.625. The lowest BCUT2D eigenvalue weighted by Crippen LogP contribution is -2.59. The van der Waals surface area contributed by atoms with Crippen LogP contribution in [-0.2, 0) is 30.3 Å². The predicted molar refractivity (Wildman–Crippen MR) is 127 cm³/mol. The third kappa shape index (κ3) is 4.60. The van der Waals surface area contributed by atoms with Crippen LogP contribution in [0.15, 0.2) is 30.3 Å². The van der Waals surface area contributed by atoms with Crippen molar-refractivity contribution in [2.24, 2.45) is 5.73 Å². The van der Waals surface area contributed by atoms with Crippen LogP contribution in [0.5, 0.6) is 0 Å². The molecule has 3 rings (SSSR count). The van der Waals surface area contributed by atoms with Crippen LogP contribution in [0.25, 0.3) is 0 Å². The Morgan fingerprint density at radius 2 is 1.82 bits per heavy atom. The number of esters is 1. The molecule has 2 aliphatic heterocycles. The lowest BCUT2D eigenvalue weighted by molar-refractivity contribution is -0.159. The van der Waals surface area contributed by atoms with Gasteiger partial charge in [-0.25, -0.2) is 4.79 Å². The third-order valence-corrected chi connectivity index (χ3v) is 11.1. The highest BCUT2D eigenvalue weighted by Crippen LogP contribution is 2.63. The summed E-state index contributed by atoms with van der Waals surface area (Å²) in [7, 11) is -3.15. The summed E-state index contributed by atoms with van der Waals surface area (Å²) in [5.74, 6) is -1.21. The molecule has 182 valence electrons. The van der Waals surface area contributed by atoms with Crippen molar-refractivity contribution in [2.75, 3.05) is 25.4 Å². The molecule has 0 aliphatic carbocycles. The number of carbonyl (C=O) groups is 3. The Morgan fingerprint density at radius 1 is 1.15 bits per heavy atom. The van der Waals surface area contributed by atoms with Gasteiger partial charge in [0.05, 0.1) is 6.04 Å². The second-order valence-corrected chi connectivity index (χ2v) is 12.8. The van der Waals surface area contributed by atoms with Crippen molar-refractivity contribution < 1.29 is 23.7 Å². The van der Waals surface area contributed by atoms with E-state index in [-0.39, 0.29) is 18.4 Å². The summed E-state index contributed by atoms with van der Waals surface area (Å²) in [5, 5.41) is -1.49. The summed E-state index contributed by atoms with van der Waals surface area (Å²) < 4.78 is 19.9. The summed E-state index contributed by atoms with van der Waals surface area (Å²) in [6, 6.07) is 7.90. The van der Waals surface area contributed by atoms with Gasteiger partial charge in [-0.2, -0.15) is 0 Å². The number of benzene rings is 1. The molecule has 0 bridgehead atoms. The minimum atomic E-state index is -3.15. The number of carbonyl (C=O) groups excluding carboxylic acids is 3. The Bertz CT molecular complexity index is 914. The highest BCUT2D eigenvalue weighted by atomic mass is 31.2. The molecule has 2 heterocycles. The molecule has 2 N–H and O–H groups in total. The van der Waals surface area contributed by atoms with Crippen LogP contribution < -0.4 is 5.73 Å². The summed E-state index contributed by atoms with van der Waals surface area (Å²) in [6.45, 7) is 6.04. The number of nitrogens with two attached hydrogens (primary N) is 1. The van der Waals surface area contributed by atoms with E-state index in [9.17, 15) is 18.9 Å². The van der Waals surface area contributed by atoms with Crippen LogP contribution in [0.4, 0.5) is 0 Å². The standard InChI is InChI=1S/C24H36N3O5P/c1-4-33(31,5-2)24(23(30)32-17-19-11-7-6-8-12-19)14-10-16-27(24)22(29)20-13-9-15-26(20)21(28)18(3)25/h6-8,11-12,18,20H,4-5,9-10,13-17,25H2,1-3H3/t18-,20-,24+/m0/s1. The van der Waals surface area contributed by atoms with E-state index in [4.69, 9.17) is 10.5 Å². The second kappa shape index (κ2) is 10.4. The maximum absolute atomic E-state index is 14.2. The highest BCUT2D eigenvalue weighted by molar-refractivity contribution is 7.66. The molecular weight excluding hydrogens is 441 g/mol. The summed E-state index contributed by atoms with van der Waals surface area (Å²) in [5.41, 5.74) is 6.63. The Labute approximate surface area is 196 Å². The summed E-state index contributed by atoms with van der Waals surface area (Å²) >= 11 is 0. The van der Waals surface area contributed by atoms with Gasteiger partial charge < -0.3 is 24.8 Å². The van der Waals surface area contributed by atoms with Gasteiger partial charge in [-0.05, 0) is 38.2 Å². The molecule has 3 atom stereocenters. The Kier molecular flexibility index (Phi) is 8.01. The molecule has 0 saturated carbocycles. The average Bonchev–Trinajstić information content (AvgIpc) is 3.50. The zero-order valence-electron chi connectivity index (χ0n) is 19.9. The van der Waals surface area contributed by atoms with Crippen LogP contribution >= 0.6 is 7.14 Å². The number of hydrogen-bond acceptors (Lipinski definition) is 6. The summed E-state index contributed by atoms with van der Waals surface area (Å²) in [4.78, 5) is 43.1. The monoisotopic (exact) mass is 477 g/mol. The minimum absolute atomic E-state index is 0.0512. The number of amides is 2. The van der Waals surface area contributed by atoms with Gasteiger partial charge in [-0.15, -0.1) is 0 Å². The Balaban J connectivity index is 1.95. The normalized spacial score (nSPS) is 24.1. The van der Waals surface area contributed by atoms with E-state index >= 15 is 0 Å².